The Morgan fingerprint density at radius 3 is 1.05 bits per heavy atom. The van der Waals surface area contributed by atoms with Crippen molar-refractivity contribution >= 4 is 70.9 Å². The second kappa shape index (κ2) is 35.7. The molecule has 26 heteroatoms. The molecule has 26 nitrogen and oxygen atoms in total. The van der Waals surface area contributed by atoms with E-state index < -0.39 is 170 Å². The Balaban J connectivity index is 2.52. The summed E-state index contributed by atoms with van der Waals surface area (Å²) in [7, 11) is 0. The Kier molecular flexibility index (Phi) is 30.5. The molecule has 17 N–H and O–H groups in total. The van der Waals surface area contributed by atoms with E-state index in [0.717, 1.165) is 0 Å². The van der Waals surface area contributed by atoms with Crippen LogP contribution in [0, 0.1) is 23.7 Å². The fraction of sp³-hybridized carbons (Fsp3) is 0.571. The molecule has 2 aromatic carbocycles. The van der Waals surface area contributed by atoms with E-state index in [1.807, 2.05) is 0 Å². The number of nitrogens with one attached hydrogen (secondary N) is 9. The van der Waals surface area contributed by atoms with Crippen molar-refractivity contribution in [3.05, 3.63) is 71.8 Å². The van der Waals surface area contributed by atoms with Gasteiger partial charge >= 0.3 is 5.97 Å². The third kappa shape index (κ3) is 26.1. The SMILES string of the molecule is CC(C)C[C@H](NC(=O)[C@H](Cc1ccccc1)NC(=O)[C@H](Cc1ccccc1)NC(=O)[C@H](CCC(N)=O)NC(=O)[C@H](CCC(N)=O)NC(=O)[C@H](CC(C)C)NC(=O)[C@H](CC(C)C)NC(=O)[C@H](CO)NC(=O)[C@@H](NC(=O)CN)C(C)C)C(=O)O. The minimum atomic E-state index is -1.64. The molecular formula is C56H86N12O14. The Hall–Kier alpha value is -8.00. The van der Waals surface area contributed by atoms with Gasteiger partial charge in [-0.3, -0.25) is 52.7 Å². The molecule has 0 radical (unpaired) electrons. The Labute approximate surface area is 478 Å². The topological polar surface area (TPSA) is 432 Å². The molecule has 0 bridgehead atoms. The molecule has 0 aliphatic carbocycles. The lowest BCUT2D eigenvalue weighted by Gasteiger charge is -2.29. The quantitative estimate of drug-likeness (QED) is 0.0355. The fourth-order valence-electron chi connectivity index (χ4n) is 8.46. The Morgan fingerprint density at radius 1 is 0.415 bits per heavy atom. The van der Waals surface area contributed by atoms with Gasteiger partial charge < -0.3 is 75.3 Å². The van der Waals surface area contributed by atoms with Crippen LogP contribution in [0.25, 0.3) is 0 Å². The summed E-state index contributed by atoms with van der Waals surface area (Å²) in [5.74, 6) is -12.1. The molecule has 82 heavy (non-hydrogen) atoms. The number of aliphatic hydroxyl groups excluding tert-OH is 1. The maximum absolute atomic E-state index is 14.4. The van der Waals surface area contributed by atoms with Crippen LogP contribution in [-0.4, -0.2) is 149 Å². The maximum Gasteiger partial charge on any atom is 0.326 e. The average molecular weight is 1150 g/mol. The number of primary amides is 2. The minimum Gasteiger partial charge on any atom is -0.480 e. The van der Waals surface area contributed by atoms with Crippen LogP contribution >= 0.6 is 0 Å². The molecule has 0 aliphatic rings. The van der Waals surface area contributed by atoms with E-state index >= 15 is 0 Å². The summed E-state index contributed by atoms with van der Waals surface area (Å²) in [6.07, 6.45) is -2.02. The number of carbonyl (C=O) groups is 12. The molecule has 0 spiro atoms. The van der Waals surface area contributed by atoms with E-state index in [4.69, 9.17) is 17.2 Å². The number of benzene rings is 2. The molecule has 0 heterocycles. The highest BCUT2D eigenvalue weighted by Crippen LogP contribution is 2.14. The second-order valence-electron chi connectivity index (χ2n) is 21.8. The van der Waals surface area contributed by atoms with Gasteiger partial charge in [0.05, 0.1) is 13.2 Å². The van der Waals surface area contributed by atoms with Crippen LogP contribution < -0.4 is 65.1 Å². The smallest absolute Gasteiger partial charge is 0.326 e. The van der Waals surface area contributed by atoms with Crippen LogP contribution in [0.3, 0.4) is 0 Å². The molecule has 0 aliphatic heterocycles. The summed E-state index contributed by atoms with van der Waals surface area (Å²) in [4.78, 5) is 161. The van der Waals surface area contributed by atoms with Crippen LogP contribution in [0.5, 0.6) is 0 Å². The van der Waals surface area contributed by atoms with Gasteiger partial charge in [-0.25, -0.2) is 4.79 Å². The Bertz CT molecular complexity index is 2480. The molecule has 2 rings (SSSR count). The molecule has 0 saturated carbocycles. The normalized spacial score (nSPS) is 14.5. The van der Waals surface area contributed by atoms with Crippen LogP contribution in [-0.2, 0) is 70.4 Å². The van der Waals surface area contributed by atoms with E-state index in [9.17, 15) is 67.7 Å². The van der Waals surface area contributed by atoms with Gasteiger partial charge in [0.1, 0.15) is 54.4 Å². The summed E-state index contributed by atoms with van der Waals surface area (Å²) in [6.45, 7) is 12.5. The second-order valence-corrected chi connectivity index (χ2v) is 21.8. The standard InChI is InChI=1S/C56H86N12O14/c1-30(2)23-38(62-51(76)39(24-31(3)4)63-54(79)43(29-69)67-55(80)47(33(7)8)68-46(72)28-57)50(75)61-36(19-21-44(58)70)48(73)60-37(20-22-45(59)71)49(74)64-40(26-34-15-11-9-12-16-34)52(77)65-41(27-35-17-13-10-14-18-35)53(78)66-42(56(81)82)25-32(5)6/h9-18,30-33,36-43,47,69H,19-29,57H2,1-8H3,(H2,58,70)(H2,59,71)(H,60,73)(H,61,75)(H,62,76)(H,63,79)(H,64,74)(H,65,77)(H,66,78)(H,67,80)(H,68,72)(H,81,82)/t36-,37-,38-,39-,40-,41-,42-,43-,47-/m0/s1. The first-order valence-corrected chi connectivity index (χ1v) is 27.5. The highest BCUT2D eigenvalue weighted by Gasteiger charge is 2.36. The lowest BCUT2D eigenvalue weighted by atomic mass is 9.99. The van der Waals surface area contributed by atoms with Gasteiger partial charge in [0.15, 0.2) is 0 Å². The number of hydrogen-bond donors (Lipinski definition) is 14. The van der Waals surface area contributed by atoms with Crippen LogP contribution in [0.15, 0.2) is 60.7 Å². The number of aliphatic hydroxyl groups is 1. The molecule has 11 amide bonds. The first-order valence-electron chi connectivity index (χ1n) is 27.5. The number of aliphatic carboxylic acids is 1. The minimum absolute atomic E-state index is 0.00236. The van der Waals surface area contributed by atoms with Gasteiger partial charge in [-0.1, -0.05) is 116 Å². The molecule has 454 valence electrons. The summed E-state index contributed by atoms with van der Waals surface area (Å²) >= 11 is 0. The van der Waals surface area contributed by atoms with E-state index in [1.54, 1.807) is 116 Å². The number of carbonyl (C=O) groups excluding carboxylic acids is 11. The highest BCUT2D eigenvalue weighted by molar-refractivity contribution is 5.99. The van der Waals surface area contributed by atoms with Crippen molar-refractivity contribution in [1.82, 2.24) is 47.9 Å². The average Bonchev–Trinajstić information content (AvgIpc) is 3.40. The third-order valence-electron chi connectivity index (χ3n) is 12.7. The van der Waals surface area contributed by atoms with E-state index in [1.165, 1.54) is 0 Å². The molecule has 0 fully saturated rings. The van der Waals surface area contributed by atoms with E-state index in [-0.39, 0.29) is 49.9 Å². The summed E-state index contributed by atoms with van der Waals surface area (Å²) in [6, 6.07) is 4.13. The number of carboxylic acid groups (broad SMARTS) is 1. The first-order chi connectivity index (χ1) is 38.5. The molecule has 2 aromatic rings. The van der Waals surface area contributed by atoms with Crippen molar-refractivity contribution in [2.45, 2.75) is 168 Å². The lowest BCUT2D eigenvalue weighted by molar-refractivity contribution is -0.143. The maximum atomic E-state index is 14.4. The zero-order chi connectivity index (χ0) is 61.8. The first kappa shape index (κ1) is 70.1. The van der Waals surface area contributed by atoms with Crippen LogP contribution in [0.1, 0.15) is 111 Å². The molecule has 9 atom stereocenters. The van der Waals surface area contributed by atoms with Crippen molar-refractivity contribution in [1.29, 1.82) is 0 Å². The van der Waals surface area contributed by atoms with Crippen molar-refractivity contribution in [3.8, 4) is 0 Å². The summed E-state index contributed by atoms with van der Waals surface area (Å²) in [5, 5.41) is 42.9. The number of rotatable bonds is 37. The number of nitrogens with two attached hydrogens (primary N) is 3. The van der Waals surface area contributed by atoms with Crippen molar-refractivity contribution in [3.63, 3.8) is 0 Å². The van der Waals surface area contributed by atoms with E-state index in [0.29, 0.717) is 11.1 Å². The molecule has 0 saturated heterocycles. The van der Waals surface area contributed by atoms with Crippen LogP contribution in [0.4, 0.5) is 0 Å². The molecule has 0 aromatic heterocycles. The zero-order valence-electron chi connectivity index (χ0n) is 48.1. The van der Waals surface area contributed by atoms with Crippen molar-refractivity contribution in [2.24, 2.45) is 40.9 Å². The van der Waals surface area contributed by atoms with Gasteiger partial charge in [0.2, 0.25) is 65.0 Å². The lowest BCUT2D eigenvalue weighted by Crippen LogP contribution is -2.61. The predicted molar refractivity (Wildman–Crippen MR) is 302 cm³/mol. The number of hydrogen-bond acceptors (Lipinski definition) is 14. The van der Waals surface area contributed by atoms with Gasteiger partial charge in [-0.15, -0.1) is 0 Å². The molecule has 0 unspecified atom stereocenters. The van der Waals surface area contributed by atoms with Crippen molar-refractivity contribution < 1.29 is 67.7 Å². The summed E-state index contributed by atoms with van der Waals surface area (Å²) < 4.78 is 0. The number of amides is 11. The van der Waals surface area contributed by atoms with Gasteiger partial charge in [0, 0.05) is 25.7 Å². The highest BCUT2D eigenvalue weighted by atomic mass is 16.4. The van der Waals surface area contributed by atoms with Gasteiger partial charge in [-0.05, 0) is 66.9 Å². The van der Waals surface area contributed by atoms with Crippen LogP contribution in [0.2, 0.25) is 0 Å². The third-order valence-corrected chi connectivity index (χ3v) is 12.7. The van der Waals surface area contributed by atoms with E-state index in [2.05, 4.69) is 47.9 Å². The Morgan fingerprint density at radius 2 is 0.720 bits per heavy atom. The predicted octanol–water partition coefficient (Wildman–Crippen LogP) is -1.80. The van der Waals surface area contributed by atoms with Crippen molar-refractivity contribution in [2.75, 3.05) is 13.2 Å². The largest absolute Gasteiger partial charge is 0.480 e. The number of carboxylic acids is 1. The fourth-order valence-corrected chi connectivity index (χ4v) is 8.46. The van der Waals surface area contributed by atoms with Gasteiger partial charge in [0.25, 0.3) is 0 Å². The van der Waals surface area contributed by atoms with Gasteiger partial charge in [-0.2, -0.15) is 0 Å². The molecular weight excluding hydrogens is 1060 g/mol. The zero-order valence-corrected chi connectivity index (χ0v) is 48.1. The summed E-state index contributed by atoms with van der Waals surface area (Å²) in [5.41, 5.74) is 17.5. The monoisotopic (exact) mass is 1150 g/mol.